The summed E-state index contributed by atoms with van der Waals surface area (Å²) in [5.74, 6) is -0.884. The lowest BCUT2D eigenvalue weighted by Gasteiger charge is -2.07. The summed E-state index contributed by atoms with van der Waals surface area (Å²) in [4.78, 5) is 11.7. The average Bonchev–Trinajstić information content (AvgIpc) is 2.34. The van der Waals surface area contributed by atoms with Crippen molar-refractivity contribution in [1.29, 1.82) is 0 Å². The molecule has 0 atom stereocenters. The van der Waals surface area contributed by atoms with Crippen molar-refractivity contribution >= 4 is 28.0 Å². The molecular formula is C11H5ClFN3O2. The van der Waals surface area contributed by atoms with E-state index in [0.29, 0.717) is 10.9 Å². The molecule has 2 heterocycles. The summed E-state index contributed by atoms with van der Waals surface area (Å²) in [5, 5.41) is 16.7. The van der Waals surface area contributed by atoms with Gasteiger partial charge in [0, 0.05) is 5.39 Å². The Morgan fingerprint density at radius 2 is 2.00 bits per heavy atom. The third-order valence-electron chi connectivity index (χ3n) is 2.61. The van der Waals surface area contributed by atoms with E-state index in [-0.39, 0.29) is 10.5 Å². The number of hydrogen-bond donors (Lipinski definition) is 1. The van der Waals surface area contributed by atoms with Crippen LogP contribution in [0.25, 0.3) is 16.4 Å². The Kier molecular flexibility index (Phi) is 2.21. The summed E-state index contributed by atoms with van der Waals surface area (Å²) in [5.41, 5.74) is -0.190. The fraction of sp³-hybridized carbons (Fsp3) is 0. The molecule has 7 heteroatoms. The Bertz CT molecular complexity index is 847. The van der Waals surface area contributed by atoms with Gasteiger partial charge in [-0.15, -0.1) is 5.10 Å². The Morgan fingerprint density at radius 1 is 1.22 bits per heavy atom. The van der Waals surface area contributed by atoms with Crippen molar-refractivity contribution in [2.45, 2.75) is 0 Å². The molecule has 0 saturated carbocycles. The van der Waals surface area contributed by atoms with Crippen LogP contribution >= 0.6 is 11.6 Å². The monoisotopic (exact) mass is 265 g/mol. The minimum Gasteiger partial charge on any atom is -0.491 e. The van der Waals surface area contributed by atoms with Crippen LogP contribution in [0, 0.1) is 5.82 Å². The van der Waals surface area contributed by atoms with Crippen molar-refractivity contribution in [3.8, 4) is 5.88 Å². The molecule has 5 nitrogen and oxygen atoms in total. The van der Waals surface area contributed by atoms with Gasteiger partial charge in [-0.1, -0.05) is 16.7 Å². The van der Waals surface area contributed by atoms with E-state index in [1.807, 2.05) is 0 Å². The van der Waals surface area contributed by atoms with Crippen molar-refractivity contribution in [3.63, 3.8) is 0 Å². The van der Waals surface area contributed by atoms with Gasteiger partial charge in [0.2, 0.25) is 0 Å². The molecule has 0 aliphatic carbocycles. The lowest BCUT2D eigenvalue weighted by Crippen LogP contribution is -2.19. The van der Waals surface area contributed by atoms with Crippen LogP contribution in [-0.4, -0.2) is 19.7 Å². The zero-order valence-corrected chi connectivity index (χ0v) is 9.52. The first-order valence-corrected chi connectivity index (χ1v) is 5.32. The highest BCUT2D eigenvalue weighted by Crippen LogP contribution is 2.27. The van der Waals surface area contributed by atoms with Crippen molar-refractivity contribution < 1.29 is 9.50 Å². The van der Waals surface area contributed by atoms with Gasteiger partial charge < -0.3 is 5.11 Å². The fourth-order valence-electron chi connectivity index (χ4n) is 1.84. The van der Waals surface area contributed by atoms with Gasteiger partial charge >= 0.3 is 5.69 Å². The first kappa shape index (κ1) is 10.9. The lowest BCUT2D eigenvalue weighted by molar-refractivity contribution is 0.446. The van der Waals surface area contributed by atoms with Crippen LogP contribution in [0.2, 0.25) is 5.02 Å². The Balaban J connectivity index is 2.69. The number of benzene rings is 1. The molecule has 0 bridgehead atoms. The van der Waals surface area contributed by atoms with E-state index in [0.717, 1.165) is 4.40 Å². The van der Waals surface area contributed by atoms with E-state index >= 15 is 0 Å². The highest BCUT2D eigenvalue weighted by atomic mass is 35.5. The highest BCUT2D eigenvalue weighted by Gasteiger charge is 2.11. The number of aromatic hydroxyl groups is 1. The second-order valence-electron chi connectivity index (χ2n) is 3.68. The molecule has 0 radical (unpaired) electrons. The number of pyridine rings is 1. The molecule has 0 aliphatic rings. The second kappa shape index (κ2) is 3.64. The van der Waals surface area contributed by atoms with Crippen molar-refractivity contribution in [3.05, 3.63) is 45.6 Å². The predicted octanol–water partition coefficient (Wildman–Crippen LogP) is 1.74. The van der Waals surface area contributed by atoms with Gasteiger partial charge in [-0.2, -0.15) is 0 Å². The largest absolute Gasteiger partial charge is 0.491 e. The Hall–Kier alpha value is -2.21. The number of hydrogen-bond acceptors (Lipinski definition) is 4. The molecule has 0 fully saturated rings. The van der Waals surface area contributed by atoms with Crippen molar-refractivity contribution in [2.24, 2.45) is 0 Å². The Labute approximate surface area is 104 Å². The number of halogens is 2. The van der Waals surface area contributed by atoms with Crippen LogP contribution in [0.1, 0.15) is 0 Å². The zero-order chi connectivity index (χ0) is 12.9. The van der Waals surface area contributed by atoms with Crippen molar-refractivity contribution in [1.82, 2.24) is 14.6 Å². The van der Waals surface area contributed by atoms with E-state index < -0.39 is 17.4 Å². The van der Waals surface area contributed by atoms with Gasteiger partial charge in [0.1, 0.15) is 11.3 Å². The van der Waals surface area contributed by atoms with Crippen LogP contribution in [-0.2, 0) is 0 Å². The molecular weight excluding hydrogens is 261 g/mol. The summed E-state index contributed by atoms with van der Waals surface area (Å²) in [6, 6.07) is 5.14. The summed E-state index contributed by atoms with van der Waals surface area (Å²) < 4.78 is 14.3. The van der Waals surface area contributed by atoms with E-state index in [4.69, 9.17) is 11.6 Å². The summed E-state index contributed by atoms with van der Waals surface area (Å²) >= 11 is 5.99. The van der Waals surface area contributed by atoms with E-state index in [9.17, 15) is 14.3 Å². The summed E-state index contributed by atoms with van der Waals surface area (Å²) in [7, 11) is 0. The van der Waals surface area contributed by atoms with Crippen LogP contribution in [0.4, 0.5) is 4.39 Å². The van der Waals surface area contributed by atoms with Crippen LogP contribution in [0.15, 0.2) is 29.1 Å². The van der Waals surface area contributed by atoms with E-state index in [2.05, 4.69) is 10.2 Å². The van der Waals surface area contributed by atoms with Crippen molar-refractivity contribution in [2.75, 3.05) is 0 Å². The van der Waals surface area contributed by atoms with E-state index in [1.54, 1.807) is 0 Å². The van der Waals surface area contributed by atoms with Gasteiger partial charge in [0.15, 0.2) is 0 Å². The van der Waals surface area contributed by atoms with Crippen LogP contribution in [0.5, 0.6) is 5.88 Å². The smallest absolute Gasteiger partial charge is 0.371 e. The minimum absolute atomic E-state index is 0.124. The van der Waals surface area contributed by atoms with Gasteiger partial charge in [0.25, 0.3) is 5.88 Å². The minimum atomic E-state index is -0.670. The SMILES string of the molecule is O=c1nnc(O)c2cc(Cl)c3cc(F)ccc3n12. The molecule has 2 aromatic heterocycles. The van der Waals surface area contributed by atoms with E-state index in [1.165, 1.54) is 24.3 Å². The molecule has 1 N–H and O–H groups in total. The molecule has 3 aromatic rings. The van der Waals surface area contributed by atoms with Crippen LogP contribution in [0.3, 0.4) is 0 Å². The molecule has 18 heavy (non-hydrogen) atoms. The maximum absolute atomic E-state index is 13.2. The van der Waals surface area contributed by atoms with Gasteiger partial charge in [0.05, 0.1) is 10.5 Å². The maximum atomic E-state index is 13.2. The Morgan fingerprint density at radius 3 is 2.78 bits per heavy atom. The molecule has 0 spiro atoms. The van der Waals surface area contributed by atoms with Crippen LogP contribution < -0.4 is 5.69 Å². The average molecular weight is 266 g/mol. The number of fused-ring (bicyclic) bond motifs is 3. The van der Waals surface area contributed by atoms with Gasteiger partial charge in [-0.05, 0) is 24.3 Å². The zero-order valence-electron chi connectivity index (χ0n) is 8.76. The first-order valence-electron chi connectivity index (χ1n) is 4.94. The highest BCUT2D eigenvalue weighted by molar-refractivity contribution is 6.35. The quantitative estimate of drug-likeness (QED) is 0.629. The maximum Gasteiger partial charge on any atom is 0.371 e. The number of nitrogens with zero attached hydrogens (tertiary/aromatic N) is 3. The second-order valence-corrected chi connectivity index (χ2v) is 4.09. The molecule has 0 unspecified atom stereocenters. The molecule has 0 amide bonds. The van der Waals surface area contributed by atoms with Gasteiger partial charge in [-0.25, -0.2) is 9.18 Å². The number of aromatic nitrogens is 3. The third kappa shape index (κ3) is 1.42. The lowest BCUT2D eigenvalue weighted by atomic mass is 10.2. The standard InChI is InChI=1S/C11H5ClFN3O2/c12-7-4-9-10(17)14-15-11(18)16(9)8-2-1-5(13)3-6(7)8/h1-4,17H. The summed E-state index contributed by atoms with van der Waals surface area (Å²) in [6.45, 7) is 0. The molecule has 1 aromatic carbocycles. The topological polar surface area (TPSA) is 67.5 Å². The number of rotatable bonds is 0. The molecule has 0 saturated heterocycles. The third-order valence-corrected chi connectivity index (χ3v) is 2.92. The molecule has 3 rings (SSSR count). The molecule has 0 aliphatic heterocycles. The fourth-order valence-corrected chi connectivity index (χ4v) is 2.10. The predicted molar refractivity (Wildman–Crippen MR) is 63.4 cm³/mol. The first-order chi connectivity index (χ1) is 8.58. The molecule has 90 valence electrons. The normalized spacial score (nSPS) is 11.2. The summed E-state index contributed by atoms with van der Waals surface area (Å²) in [6.07, 6.45) is 0. The van der Waals surface area contributed by atoms with Gasteiger partial charge in [-0.3, -0.25) is 4.40 Å².